The molecule has 2 aromatic rings. The van der Waals surface area contributed by atoms with Gasteiger partial charge in [-0.25, -0.2) is 8.78 Å². The summed E-state index contributed by atoms with van der Waals surface area (Å²) in [6.07, 6.45) is 0. The molecule has 0 spiro atoms. The maximum Gasteiger partial charge on any atom is 0.244 e. The van der Waals surface area contributed by atoms with Gasteiger partial charge in [0.2, 0.25) is 11.8 Å². The number of amides is 2. The fourth-order valence-electron chi connectivity index (χ4n) is 2.23. The van der Waals surface area contributed by atoms with Crippen LogP contribution in [0.25, 0.3) is 0 Å². The Labute approximate surface area is 139 Å². The molecule has 0 fully saturated rings. The van der Waals surface area contributed by atoms with Crippen molar-refractivity contribution in [1.29, 1.82) is 0 Å². The van der Waals surface area contributed by atoms with E-state index in [0.717, 1.165) is 23.3 Å². The first-order chi connectivity index (χ1) is 11.4. The molecule has 2 aromatic carbocycles. The molecule has 0 heterocycles. The smallest absolute Gasteiger partial charge is 0.244 e. The van der Waals surface area contributed by atoms with E-state index in [1.165, 1.54) is 11.8 Å². The minimum atomic E-state index is -0.864. The number of hydrogen-bond acceptors (Lipinski definition) is 2. The molecule has 0 saturated heterocycles. The molecule has 2 amide bonds. The zero-order valence-corrected chi connectivity index (χ0v) is 13.5. The summed E-state index contributed by atoms with van der Waals surface area (Å²) < 4.78 is 26.4. The number of hydrogen-bond donors (Lipinski definition) is 1. The van der Waals surface area contributed by atoms with Gasteiger partial charge in [0.25, 0.3) is 0 Å². The molecule has 24 heavy (non-hydrogen) atoms. The van der Waals surface area contributed by atoms with E-state index < -0.39 is 17.5 Å². The Hall–Kier alpha value is -2.76. The Morgan fingerprint density at radius 1 is 1.12 bits per heavy atom. The van der Waals surface area contributed by atoms with Crippen LogP contribution in [0.4, 0.5) is 14.5 Å². The normalized spacial score (nSPS) is 10.3. The van der Waals surface area contributed by atoms with Gasteiger partial charge in [-0.05, 0) is 30.2 Å². The van der Waals surface area contributed by atoms with Crippen LogP contribution in [-0.2, 0) is 16.1 Å². The number of rotatable bonds is 5. The second-order valence-electron chi connectivity index (χ2n) is 5.47. The highest BCUT2D eigenvalue weighted by molar-refractivity contribution is 5.94. The summed E-state index contributed by atoms with van der Waals surface area (Å²) in [6.45, 7) is 3.34. The van der Waals surface area contributed by atoms with Crippen molar-refractivity contribution in [3.05, 3.63) is 65.2 Å². The van der Waals surface area contributed by atoms with Crippen molar-refractivity contribution in [2.75, 3.05) is 11.9 Å². The lowest BCUT2D eigenvalue weighted by Crippen LogP contribution is -2.36. The zero-order chi connectivity index (χ0) is 17.7. The molecule has 0 saturated carbocycles. The molecule has 2 rings (SSSR count). The van der Waals surface area contributed by atoms with Gasteiger partial charge in [0.05, 0.1) is 5.69 Å². The fourth-order valence-corrected chi connectivity index (χ4v) is 2.23. The van der Waals surface area contributed by atoms with Gasteiger partial charge < -0.3 is 10.2 Å². The number of carbonyl (C=O) groups excluding carboxylic acids is 2. The minimum absolute atomic E-state index is 0.124. The minimum Gasteiger partial charge on any atom is -0.329 e. The van der Waals surface area contributed by atoms with Crippen molar-refractivity contribution < 1.29 is 18.4 Å². The Balaban J connectivity index is 2.06. The van der Waals surface area contributed by atoms with Crippen LogP contribution < -0.4 is 5.32 Å². The van der Waals surface area contributed by atoms with Gasteiger partial charge in [0.1, 0.15) is 18.2 Å². The second-order valence-corrected chi connectivity index (χ2v) is 5.47. The van der Waals surface area contributed by atoms with E-state index in [1.807, 2.05) is 31.2 Å². The van der Waals surface area contributed by atoms with Gasteiger partial charge in [-0.1, -0.05) is 24.3 Å². The average molecular weight is 332 g/mol. The molecule has 4 nitrogen and oxygen atoms in total. The third-order valence-corrected chi connectivity index (χ3v) is 3.61. The van der Waals surface area contributed by atoms with E-state index in [2.05, 4.69) is 5.32 Å². The van der Waals surface area contributed by atoms with E-state index >= 15 is 0 Å². The number of carbonyl (C=O) groups is 2. The van der Waals surface area contributed by atoms with Crippen LogP contribution in [0.5, 0.6) is 0 Å². The van der Waals surface area contributed by atoms with Crippen LogP contribution in [-0.4, -0.2) is 23.3 Å². The highest BCUT2D eigenvalue weighted by Crippen LogP contribution is 2.15. The Morgan fingerprint density at radius 3 is 2.46 bits per heavy atom. The van der Waals surface area contributed by atoms with E-state index in [1.54, 1.807) is 0 Å². The van der Waals surface area contributed by atoms with Gasteiger partial charge in [-0.3, -0.25) is 9.59 Å². The fraction of sp³-hybridized carbons (Fsp3) is 0.222. The van der Waals surface area contributed by atoms with Crippen molar-refractivity contribution in [1.82, 2.24) is 4.90 Å². The molecule has 0 radical (unpaired) electrons. The third kappa shape index (κ3) is 4.62. The average Bonchev–Trinajstić information content (AvgIpc) is 2.51. The van der Waals surface area contributed by atoms with Crippen molar-refractivity contribution in [2.45, 2.75) is 20.4 Å². The molecule has 0 aliphatic heterocycles. The number of aryl methyl sites for hydroxylation is 1. The number of halogens is 2. The van der Waals surface area contributed by atoms with E-state index in [-0.39, 0.29) is 24.7 Å². The molecule has 0 aromatic heterocycles. The SMILES string of the molecule is CC(=O)N(CC(=O)Nc1ccc(F)cc1F)Cc1ccccc1C. The quantitative estimate of drug-likeness (QED) is 0.914. The van der Waals surface area contributed by atoms with Crippen molar-refractivity contribution in [3.8, 4) is 0 Å². The van der Waals surface area contributed by atoms with Crippen LogP contribution in [0.1, 0.15) is 18.1 Å². The molecule has 0 bridgehead atoms. The lowest BCUT2D eigenvalue weighted by Gasteiger charge is -2.21. The monoisotopic (exact) mass is 332 g/mol. The van der Waals surface area contributed by atoms with Crippen molar-refractivity contribution in [2.24, 2.45) is 0 Å². The zero-order valence-electron chi connectivity index (χ0n) is 13.5. The van der Waals surface area contributed by atoms with Crippen LogP contribution in [0.3, 0.4) is 0 Å². The van der Waals surface area contributed by atoms with Gasteiger partial charge in [-0.2, -0.15) is 0 Å². The van der Waals surface area contributed by atoms with Gasteiger partial charge >= 0.3 is 0 Å². The molecule has 0 aliphatic carbocycles. The molecule has 0 unspecified atom stereocenters. The summed E-state index contributed by atoms with van der Waals surface area (Å²) in [5.74, 6) is -2.41. The highest BCUT2D eigenvalue weighted by Gasteiger charge is 2.16. The summed E-state index contributed by atoms with van der Waals surface area (Å²) in [5, 5.41) is 2.35. The highest BCUT2D eigenvalue weighted by atomic mass is 19.1. The molecule has 0 aliphatic rings. The maximum absolute atomic E-state index is 13.6. The van der Waals surface area contributed by atoms with Crippen molar-refractivity contribution >= 4 is 17.5 Å². The summed E-state index contributed by atoms with van der Waals surface area (Å²) in [7, 11) is 0. The second kappa shape index (κ2) is 7.68. The molecule has 6 heteroatoms. The largest absolute Gasteiger partial charge is 0.329 e. The molecule has 0 atom stereocenters. The molecular formula is C18H18F2N2O2. The first-order valence-electron chi connectivity index (χ1n) is 7.41. The summed E-state index contributed by atoms with van der Waals surface area (Å²) in [5.41, 5.74) is 1.81. The van der Waals surface area contributed by atoms with Crippen LogP contribution >= 0.6 is 0 Å². The lowest BCUT2D eigenvalue weighted by molar-refractivity contribution is -0.133. The number of nitrogens with zero attached hydrogens (tertiary/aromatic N) is 1. The summed E-state index contributed by atoms with van der Waals surface area (Å²) >= 11 is 0. The Kier molecular flexibility index (Phi) is 5.63. The molecular weight excluding hydrogens is 314 g/mol. The first kappa shape index (κ1) is 17.6. The van der Waals surface area contributed by atoms with Crippen LogP contribution in [0, 0.1) is 18.6 Å². The number of benzene rings is 2. The standard InChI is InChI=1S/C18H18F2N2O2/c1-12-5-3-4-6-14(12)10-22(13(2)23)11-18(24)21-17-8-7-15(19)9-16(17)20/h3-9H,10-11H2,1-2H3,(H,21,24). The predicted octanol–water partition coefficient (Wildman–Crippen LogP) is 3.26. The summed E-state index contributed by atoms with van der Waals surface area (Å²) in [4.78, 5) is 25.2. The topological polar surface area (TPSA) is 49.4 Å². The van der Waals surface area contributed by atoms with E-state index in [4.69, 9.17) is 0 Å². The first-order valence-corrected chi connectivity index (χ1v) is 7.41. The lowest BCUT2D eigenvalue weighted by atomic mass is 10.1. The van der Waals surface area contributed by atoms with E-state index in [0.29, 0.717) is 6.07 Å². The Morgan fingerprint density at radius 2 is 1.83 bits per heavy atom. The van der Waals surface area contributed by atoms with Gasteiger partial charge in [0.15, 0.2) is 0 Å². The molecule has 126 valence electrons. The Bertz CT molecular complexity index is 762. The summed E-state index contributed by atoms with van der Waals surface area (Å²) in [6, 6.07) is 10.4. The number of nitrogens with one attached hydrogen (secondary N) is 1. The van der Waals surface area contributed by atoms with E-state index in [9.17, 15) is 18.4 Å². The van der Waals surface area contributed by atoms with Crippen molar-refractivity contribution in [3.63, 3.8) is 0 Å². The predicted molar refractivity (Wildman–Crippen MR) is 87.3 cm³/mol. The van der Waals surface area contributed by atoms with Gasteiger partial charge in [-0.15, -0.1) is 0 Å². The van der Waals surface area contributed by atoms with Crippen LogP contribution in [0.2, 0.25) is 0 Å². The van der Waals surface area contributed by atoms with Crippen LogP contribution in [0.15, 0.2) is 42.5 Å². The van der Waals surface area contributed by atoms with Gasteiger partial charge in [0, 0.05) is 19.5 Å². The number of anilines is 1. The maximum atomic E-state index is 13.6. The third-order valence-electron chi connectivity index (χ3n) is 3.61. The molecule has 1 N–H and O–H groups in total.